The fraction of sp³-hybridized carbons (Fsp3) is 0.176. The number of nitrogens with zero attached hydrogens (tertiary/aromatic N) is 1. The zero-order chi connectivity index (χ0) is 13.4. The van der Waals surface area contributed by atoms with Gasteiger partial charge in [0.2, 0.25) is 0 Å². The average Bonchev–Trinajstić information content (AvgIpc) is 2.65. The van der Waals surface area contributed by atoms with Gasteiger partial charge < -0.3 is 4.57 Å². The van der Waals surface area contributed by atoms with E-state index in [1.54, 1.807) is 0 Å². The lowest BCUT2D eigenvalue weighted by atomic mass is 10.0. The van der Waals surface area contributed by atoms with Gasteiger partial charge in [-0.2, -0.15) is 0 Å². The lowest BCUT2D eigenvalue weighted by Gasteiger charge is -2.03. The molecule has 2 aromatic carbocycles. The Balaban J connectivity index is 2.17. The normalized spacial score (nSPS) is 11.1. The largest absolute Gasteiger partial charge is 0.348 e. The van der Waals surface area contributed by atoms with E-state index in [0.29, 0.717) is 0 Å². The molecule has 3 rings (SSSR count). The van der Waals surface area contributed by atoms with Gasteiger partial charge in [0.1, 0.15) is 0 Å². The molecule has 3 aromatic rings. The lowest BCUT2D eigenvalue weighted by molar-refractivity contribution is 0.903. The summed E-state index contributed by atoms with van der Waals surface area (Å²) in [5.74, 6) is 0. The number of benzene rings is 2. The summed E-state index contributed by atoms with van der Waals surface area (Å²) >= 11 is 3.58. The van der Waals surface area contributed by atoms with E-state index in [9.17, 15) is 0 Å². The van der Waals surface area contributed by atoms with Crippen LogP contribution in [0.5, 0.6) is 0 Å². The molecule has 0 saturated heterocycles. The fourth-order valence-electron chi connectivity index (χ4n) is 2.64. The smallest absolute Gasteiger partial charge is 0.0483 e. The van der Waals surface area contributed by atoms with Gasteiger partial charge in [-0.1, -0.05) is 46.3 Å². The molecule has 2 heteroatoms. The van der Waals surface area contributed by atoms with Crippen molar-refractivity contribution >= 4 is 26.8 Å². The molecule has 96 valence electrons. The van der Waals surface area contributed by atoms with E-state index in [-0.39, 0.29) is 0 Å². The molecule has 1 nitrogen and oxygen atoms in total. The summed E-state index contributed by atoms with van der Waals surface area (Å²) in [4.78, 5) is 0. The Labute approximate surface area is 122 Å². The highest BCUT2D eigenvalue weighted by Crippen LogP contribution is 2.29. The minimum Gasteiger partial charge on any atom is -0.348 e. The highest BCUT2D eigenvalue weighted by Gasteiger charge is 2.12. The Morgan fingerprint density at radius 3 is 2.53 bits per heavy atom. The van der Waals surface area contributed by atoms with Gasteiger partial charge in [0.15, 0.2) is 0 Å². The van der Waals surface area contributed by atoms with Gasteiger partial charge >= 0.3 is 0 Å². The molecule has 1 aromatic heterocycles. The first-order valence-corrected chi connectivity index (χ1v) is 7.23. The Kier molecular flexibility index (Phi) is 3.19. The molecule has 0 spiro atoms. The van der Waals surface area contributed by atoms with Crippen LogP contribution in [0.2, 0.25) is 0 Å². The molecule has 0 aliphatic carbocycles. The standard InChI is InChI=1S/C17H16BrN/c1-12-15(10-13-6-4-3-5-7-13)16-11-14(18)8-9-17(16)19(12)2/h3-9,11H,10H2,1-2H3. The van der Waals surface area contributed by atoms with E-state index in [1.165, 1.54) is 27.7 Å². The summed E-state index contributed by atoms with van der Waals surface area (Å²) in [6.07, 6.45) is 0.987. The second-order valence-corrected chi connectivity index (χ2v) is 5.86. The maximum Gasteiger partial charge on any atom is 0.0483 e. The van der Waals surface area contributed by atoms with Crippen LogP contribution in [0.25, 0.3) is 10.9 Å². The Morgan fingerprint density at radius 2 is 1.79 bits per heavy atom. The topological polar surface area (TPSA) is 4.93 Å². The highest BCUT2D eigenvalue weighted by atomic mass is 79.9. The summed E-state index contributed by atoms with van der Waals surface area (Å²) in [6.45, 7) is 2.20. The van der Waals surface area contributed by atoms with E-state index in [1.807, 2.05) is 0 Å². The molecular weight excluding hydrogens is 298 g/mol. The van der Waals surface area contributed by atoms with E-state index >= 15 is 0 Å². The minimum atomic E-state index is 0.987. The Hall–Kier alpha value is -1.54. The molecule has 0 N–H and O–H groups in total. The fourth-order valence-corrected chi connectivity index (χ4v) is 3.00. The Bertz CT molecular complexity index is 726. The zero-order valence-corrected chi connectivity index (χ0v) is 12.7. The van der Waals surface area contributed by atoms with Crippen molar-refractivity contribution in [3.05, 3.63) is 69.8 Å². The number of fused-ring (bicyclic) bond motifs is 1. The van der Waals surface area contributed by atoms with E-state index in [2.05, 4.69) is 83.0 Å². The first-order valence-electron chi connectivity index (χ1n) is 6.44. The van der Waals surface area contributed by atoms with Gasteiger partial charge in [0, 0.05) is 28.1 Å². The van der Waals surface area contributed by atoms with Crippen LogP contribution in [0.3, 0.4) is 0 Å². The SMILES string of the molecule is Cc1c(Cc2ccccc2)c2cc(Br)ccc2n1C. The van der Waals surface area contributed by atoms with Gasteiger partial charge in [-0.25, -0.2) is 0 Å². The number of hydrogen-bond acceptors (Lipinski definition) is 0. The predicted molar refractivity (Wildman–Crippen MR) is 84.6 cm³/mol. The lowest BCUT2D eigenvalue weighted by Crippen LogP contribution is -1.93. The molecule has 0 atom stereocenters. The third kappa shape index (κ3) is 2.21. The third-order valence-corrected chi connectivity index (χ3v) is 4.30. The first-order chi connectivity index (χ1) is 9.16. The maximum atomic E-state index is 3.58. The van der Waals surface area contributed by atoms with Crippen LogP contribution in [-0.2, 0) is 13.5 Å². The van der Waals surface area contributed by atoms with E-state index in [4.69, 9.17) is 0 Å². The van der Waals surface area contributed by atoms with Crippen molar-refractivity contribution in [1.82, 2.24) is 4.57 Å². The number of rotatable bonds is 2. The molecule has 0 radical (unpaired) electrons. The number of aromatic nitrogens is 1. The monoisotopic (exact) mass is 313 g/mol. The summed E-state index contributed by atoms with van der Waals surface area (Å²) in [5.41, 5.74) is 5.42. The molecule has 0 bridgehead atoms. The van der Waals surface area contributed by atoms with Gasteiger partial charge in [0.25, 0.3) is 0 Å². The van der Waals surface area contributed by atoms with Crippen molar-refractivity contribution in [2.45, 2.75) is 13.3 Å². The van der Waals surface area contributed by atoms with Crippen molar-refractivity contribution in [3.63, 3.8) is 0 Å². The summed E-state index contributed by atoms with van der Waals surface area (Å²) in [6, 6.07) is 17.2. The maximum absolute atomic E-state index is 3.58. The Morgan fingerprint density at radius 1 is 1.05 bits per heavy atom. The molecule has 0 saturated carbocycles. The van der Waals surface area contributed by atoms with Gasteiger partial charge in [-0.3, -0.25) is 0 Å². The first kappa shape index (κ1) is 12.5. The molecular formula is C17H16BrN. The molecule has 1 heterocycles. The van der Waals surface area contributed by atoms with Crippen molar-refractivity contribution in [2.24, 2.45) is 7.05 Å². The van der Waals surface area contributed by atoms with Crippen LogP contribution < -0.4 is 0 Å². The van der Waals surface area contributed by atoms with Crippen LogP contribution in [-0.4, -0.2) is 4.57 Å². The molecule has 0 fully saturated rings. The molecule has 0 aliphatic heterocycles. The van der Waals surface area contributed by atoms with Crippen LogP contribution in [0.1, 0.15) is 16.8 Å². The summed E-state index contributed by atoms with van der Waals surface area (Å²) in [5, 5.41) is 1.35. The van der Waals surface area contributed by atoms with Crippen LogP contribution in [0.4, 0.5) is 0 Å². The second kappa shape index (κ2) is 4.86. The minimum absolute atomic E-state index is 0.987. The van der Waals surface area contributed by atoms with Crippen LogP contribution >= 0.6 is 15.9 Å². The average molecular weight is 314 g/mol. The second-order valence-electron chi connectivity index (χ2n) is 4.95. The molecule has 0 amide bonds. The van der Waals surface area contributed by atoms with E-state index in [0.717, 1.165) is 10.9 Å². The van der Waals surface area contributed by atoms with Crippen LogP contribution in [0, 0.1) is 6.92 Å². The van der Waals surface area contributed by atoms with Crippen molar-refractivity contribution < 1.29 is 0 Å². The van der Waals surface area contributed by atoms with Crippen molar-refractivity contribution in [2.75, 3.05) is 0 Å². The summed E-state index contributed by atoms with van der Waals surface area (Å²) < 4.78 is 3.42. The van der Waals surface area contributed by atoms with Gasteiger partial charge in [-0.05, 0) is 42.7 Å². The predicted octanol–water partition coefficient (Wildman–Crippen LogP) is 4.84. The highest BCUT2D eigenvalue weighted by molar-refractivity contribution is 9.10. The molecule has 0 aliphatic rings. The number of aryl methyl sites for hydroxylation is 1. The molecule has 19 heavy (non-hydrogen) atoms. The number of halogens is 1. The quantitative estimate of drug-likeness (QED) is 0.638. The number of hydrogen-bond donors (Lipinski definition) is 0. The van der Waals surface area contributed by atoms with Crippen LogP contribution in [0.15, 0.2) is 53.0 Å². The van der Waals surface area contributed by atoms with Gasteiger partial charge in [-0.15, -0.1) is 0 Å². The molecule has 0 unspecified atom stereocenters. The third-order valence-electron chi connectivity index (χ3n) is 3.81. The summed E-state index contributed by atoms with van der Waals surface area (Å²) in [7, 11) is 2.14. The zero-order valence-electron chi connectivity index (χ0n) is 11.2. The van der Waals surface area contributed by atoms with Crippen molar-refractivity contribution in [1.29, 1.82) is 0 Å². The van der Waals surface area contributed by atoms with Crippen molar-refractivity contribution in [3.8, 4) is 0 Å². The van der Waals surface area contributed by atoms with E-state index < -0.39 is 0 Å². The van der Waals surface area contributed by atoms with Gasteiger partial charge in [0.05, 0.1) is 0 Å².